The summed E-state index contributed by atoms with van der Waals surface area (Å²) in [6.07, 6.45) is 0. The molecule has 0 aliphatic rings. The molecule has 0 unspecified atom stereocenters. The van der Waals surface area contributed by atoms with Crippen LogP contribution in [0.4, 0.5) is 68.2 Å². The largest absolute Gasteiger partial charge is 0.310 e. The highest BCUT2D eigenvalue weighted by molar-refractivity contribution is 6.02. The van der Waals surface area contributed by atoms with Gasteiger partial charge >= 0.3 is 0 Å². The van der Waals surface area contributed by atoms with Gasteiger partial charge in [0.25, 0.3) is 0 Å². The van der Waals surface area contributed by atoms with Gasteiger partial charge in [0.05, 0.1) is 17.1 Å². The Bertz CT molecular complexity index is 3540. The minimum atomic E-state index is 1.03. The van der Waals surface area contributed by atoms with Crippen LogP contribution in [-0.2, 0) is 0 Å². The highest BCUT2D eigenvalue weighted by Crippen LogP contribution is 2.46. The monoisotopic (exact) mass is 896 g/mol. The van der Waals surface area contributed by atoms with Gasteiger partial charge in [0.15, 0.2) is 0 Å². The minimum absolute atomic E-state index is 1.03. The number of hydrogen-bond acceptors (Lipinski definition) is 4. The van der Waals surface area contributed by atoms with Gasteiger partial charge in [0.2, 0.25) is 0 Å². The quantitative estimate of drug-likeness (QED) is 0.121. The summed E-state index contributed by atoms with van der Waals surface area (Å²) in [6, 6.07) is 104. The lowest BCUT2D eigenvalue weighted by Gasteiger charge is -2.31. The molecule has 0 bridgehead atoms. The van der Waals surface area contributed by atoms with E-state index in [-0.39, 0.29) is 0 Å². The molecule has 0 saturated carbocycles. The van der Waals surface area contributed by atoms with Crippen molar-refractivity contribution in [1.82, 2.24) is 0 Å². The molecular weight excluding hydrogens is 849 g/mol. The molecule has 4 nitrogen and oxygen atoms in total. The maximum atomic E-state index is 2.38. The molecule has 12 rings (SSSR count). The Morgan fingerprint density at radius 3 is 0.743 bits per heavy atom. The first-order valence-corrected chi connectivity index (χ1v) is 23.8. The molecule has 0 aliphatic heterocycles. The Kier molecular flexibility index (Phi) is 11.2. The SMILES string of the molecule is c1ccc(N(c2ccc(N(c3ccc(N(c4ccccc4)c4cccc5ccccc45)cc3)c3cccc(N(c4ccccc4)c4cccc5ccccc45)c3)cc2)c2cccc3ccccc23)cc1. The van der Waals surface area contributed by atoms with Gasteiger partial charge in [0.1, 0.15) is 0 Å². The lowest BCUT2D eigenvalue weighted by atomic mass is 10.1. The maximum absolute atomic E-state index is 2.38. The molecule has 4 heteroatoms. The number of hydrogen-bond donors (Lipinski definition) is 0. The second kappa shape index (κ2) is 18.7. The number of anilines is 12. The van der Waals surface area contributed by atoms with E-state index < -0.39 is 0 Å². The third-order valence-electron chi connectivity index (χ3n) is 13.1. The van der Waals surface area contributed by atoms with Gasteiger partial charge in [-0.3, -0.25) is 0 Å². The number of benzene rings is 12. The van der Waals surface area contributed by atoms with E-state index in [0.717, 1.165) is 68.2 Å². The molecule has 70 heavy (non-hydrogen) atoms. The van der Waals surface area contributed by atoms with E-state index in [1.807, 2.05) is 0 Å². The molecule has 0 aliphatic carbocycles. The fourth-order valence-corrected chi connectivity index (χ4v) is 9.94. The lowest BCUT2D eigenvalue weighted by molar-refractivity contribution is 1.24. The van der Waals surface area contributed by atoms with Gasteiger partial charge in [-0.05, 0) is 137 Å². The first-order valence-electron chi connectivity index (χ1n) is 23.8. The Hall–Kier alpha value is -9.38. The highest BCUT2D eigenvalue weighted by atomic mass is 15.2. The zero-order chi connectivity index (χ0) is 46.6. The molecule has 12 aromatic carbocycles. The molecule has 0 atom stereocenters. The van der Waals surface area contributed by atoms with Crippen molar-refractivity contribution in [1.29, 1.82) is 0 Å². The minimum Gasteiger partial charge on any atom is -0.310 e. The molecule has 0 spiro atoms. The van der Waals surface area contributed by atoms with Crippen LogP contribution in [-0.4, -0.2) is 0 Å². The highest BCUT2D eigenvalue weighted by Gasteiger charge is 2.22. The lowest BCUT2D eigenvalue weighted by Crippen LogP contribution is -2.14. The average molecular weight is 897 g/mol. The predicted octanol–water partition coefficient (Wildman–Crippen LogP) is 19.0. The fourth-order valence-electron chi connectivity index (χ4n) is 9.94. The van der Waals surface area contributed by atoms with Crippen LogP contribution >= 0.6 is 0 Å². The molecule has 0 amide bonds. The van der Waals surface area contributed by atoms with Crippen LogP contribution in [0.3, 0.4) is 0 Å². The molecule has 0 aromatic heterocycles. The Balaban J connectivity index is 1.01. The molecule has 332 valence electrons. The standard InChI is InChI=1S/C66H48N4/c1-4-26-52(27-5-1)68(64-37-16-23-49-20-10-13-34-61(49)64)57-44-40-55(41-45-57)67(56-42-46-58(47-43-56)69(53-28-6-2-7-29-53)65-38-17-24-50-21-11-14-35-62(50)65)59-32-19-33-60(48-59)70(54-30-8-3-9-31-54)66-39-18-25-51-22-12-15-36-63(51)66/h1-48H. The number of fused-ring (bicyclic) bond motifs is 3. The fraction of sp³-hybridized carbons (Fsp3) is 0. The van der Waals surface area contributed by atoms with Crippen LogP contribution in [0.25, 0.3) is 32.3 Å². The zero-order valence-corrected chi connectivity index (χ0v) is 38.5. The van der Waals surface area contributed by atoms with Crippen molar-refractivity contribution in [2.75, 3.05) is 19.6 Å². The van der Waals surface area contributed by atoms with Crippen LogP contribution in [0.1, 0.15) is 0 Å². The Morgan fingerprint density at radius 1 is 0.157 bits per heavy atom. The van der Waals surface area contributed by atoms with Gasteiger partial charge < -0.3 is 19.6 Å². The summed E-state index contributed by atoms with van der Waals surface area (Å²) in [5.74, 6) is 0. The summed E-state index contributed by atoms with van der Waals surface area (Å²) in [6.45, 7) is 0. The predicted molar refractivity (Wildman–Crippen MR) is 298 cm³/mol. The smallest absolute Gasteiger partial charge is 0.0540 e. The summed E-state index contributed by atoms with van der Waals surface area (Å²) in [5.41, 5.74) is 12.9. The molecule has 0 saturated heterocycles. The number of nitrogens with zero attached hydrogens (tertiary/aromatic N) is 4. The third-order valence-corrected chi connectivity index (χ3v) is 13.1. The van der Waals surface area contributed by atoms with E-state index in [4.69, 9.17) is 0 Å². The Morgan fingerprint density at radius 2 is 0.386 bits per heavy atom. The molecule has 0 radical (unpaired) electrons. The third kappa shape index (κ3) is 8.04. The van der Waals surface area contributed by atoms with E-state index in [1.165, 1.54) is 32.3 Å². The van der Waals surface area contributed by atoms with Crippen LogP contribution in [0.15, 0.2) is 291 Å². The van der Waals surface area contributed by atoms with Crippen LogP contribution in [0.5, 0.6) is 0 Å². The Labute approximate surface area is 409 Å². The van der Waals surface area contributed by atoms with Gasteiger partial charge in [-0.1, -0.05) is 170 Å². The summed E-state index contributed by atoms with van der Waals surface area (Å²) < 4.78 is 0. The topological polar surface area (TPSA) is 13.0 Å². The first-order chi connectivity index (χ1) is 34.7. The van der Waals surface area contributed by atoms with Crippen molar-refractivity contribution in [3.05, 3.63) is 291 Å². The van der Waals surface area contributed by atoms with Gasteiger partial charge in [0, 0.05) is 67.3 Å². The second-order valence-electron chi connectivity index (χ2n) is 17.4. The average Bonchev–Trinajstić information content (AvgIpc) is 3.43. The van der Waals surface area contributed by atoms with E-state index in [9.17, 15) is 0 Å². The summed E-state index contributed by atoms with van der Waals surface area (Å²) in [7, 11) is 0. The van der Waals surface area contributed by atoms with Crippen molar-refractivity contribution < 1.29 is 0 Å². The van der Waals surface area contributed by atoms with Crippen molar-refractivity contribution in [3.8, 4) is 0 Å². The molecule has 0 heterocycles. The van der Waals surface area contributed by atoms with Gasteiger partial charge in [-0.2, -0.15) is 0 Å². The molecule has 0 fully saturated rings. The van der Waals surface area contributed by atoms with E-state index in [1.54, 1.807) is 0 Å². The van der Waals surface area contributed by atoms with Crippen molar-refractivity contribution in [2.24, 2.45) is 0 Å². The normalized spacial score (nSPS) is 11.1. The zero-order valence-electron chi connectivity index (χ0n) is 38.5. The number of rotatable bonds is 12. The molecule has 0 N–H and O–H groups in total. The summed E-state index contributed by atoms with van der Waals surface area (Å²) in [4.78, 5) is 9.47. The van der Waals surface area contributed by atoms with Crippen LogP contribution < -0.4 is 19.6 Å². The maximum Gasteiger partial charge on any atom is 0.0540 e. The molecular formula is C66H48N4. The van der Waals surface area contributed by atoms with Crippen LogP contribution in [0, 0.1) is 0 Å². The van der Waals surface area contributed by atoms with E-state index >= 15 is 0 Å². The van der Waals surface area contributed by atoms with Crippen molar-refractivity contribution >= 4 is 101 Å². The summed E-state index contributed by atoms with van der Waals surface area (Å²) in [5, 5.41) is 7.17. The number of para-hydroxylation sites is 3. The molecule has 12 aromatic rings. The van der Waals surface area contributed by atoms with E-state index in [0.29, 0.717) is 0 Å². The van der Waals surface area contributed by atoms with Gasteiger partial charge in [-0.15, -0.1) is 0 Å². The first kappa shape index (κ1) is 42.0. The van der Waals surface area contributed by atoms with Crippen LogP contribution in [0.2, 0.25) is 0 Å². The second-order valence-corrected chi connectivity index (χ2v) is 17.4. The van der Waals surface area contributed by atoms with Crippen molar-refractivity contribution in [2.45, 2.75) is 0 Å². The van der Waals surface area contributed by atoms with Gasteiger partial charge in [-0.25, -0.2) is 0 Å². The van der Waals surface area contributed by atoms with Crippen molar-refractivity contribution in [3.63, 3.8) is 0 Å². The summed E-state index contributed by atoms with van der Waals surface area (Å²) >= 11 is 0. The van der Waals surface area contributed by atoms with E-state index in [2.05, 4.69) is 311 Å².